The molecule has 0 atom stereocenters. The fourth-order valence-electron chi connectivity index (χ4n) is 3.04. The van der Waals surface area contributed by atoms with Crippen LogP contribution in [-0.4, -0.2) is 28.2 Å². The zero-order valence-corrected chi connectivity index (χ0v) is 19.1. The van der Waals surface area contributed by atoms with E-state index in [1.54, 1.807) is 36.3 Å². The Morgan fingerprint density at radius 1 is 1.10 bits per heavy atom. The van der Waals surface area contributed by atoms with E-state index in [-0.39, 0.29) is 11.7 Å². The van der Waals surface area contributed by atoms with Gasteiger partial charge in [-0.05, 0) is 65.9 Å². The van der Waals surface area contributed by atoms with Crippen LogP contribution in [0.2, 0.25) is 0 Å². The Morgan fingerprint density at radius 2 is 1.84 bits per heavy atom. The lowest BCUT2D eigenvalue weighted by molar-refractivity contribution is -0.122. The van der Waals surface area contributed by atoms with Crippen molar-refractivity contribution in [2.45, 2.75) is 6.54 Å². The normalized spacial score (nSPS) is 16.3. The van der Waals surface area contributed by atoms with E-state index >= 15 is 0 Å². The summed E-state index contributed by atoms with van der Waals surface area (Å²) in [5.74, 6) is 0.712. The van der Waals surface area contributed by atoms with Crippen LogP contribution in [0.25, 0.3) is 6.08 Å². The molecule has 0 unspecified atom stereocenters. The molecule has 4 rings (SSSR count). The molecule has 1 aliphatic heterocycles. The van der Waals surface area contributed by atoms with Crippen LogP contribution in [0, 0.1) is 0 Å². The molecule has 1 heterocycles. The average Bonchev–Trinajstić information content (AvgIpc) is 3.06. The zero-order valence-electron chi connectivity index (χ0n) is 16.7. The molecule has 0 radical (unpaired) electrons. The highest BCUT2D eigenvalue weighted by molar-refractivity contribution is 9.10. The van der Waals surface area contributed by atoms with Crippen LogP contribution in [0.15, 0.2) is 87.2 Å². The van der Waals surface area contributed by atoms with Crippen molar-refractivity contribution in [2.75, 3.05) is 7.11 Å². The van der Waals surface area contributed by atoms with Crippen molar-refractivity contribution in [3.8, 4) is 11.5 Å². The number of hydrogen-bond acceptors (Lipinski definition) is 5. The van der Waals surface area contributed by atoms with Crippen molar-refractivity contribution < 1.29 is 14.6 Å². The van der Waals surface area contributed by atoms with Gasteiger partial charge in [-0.2, -0.15) is 0 Å². The molecule has 3 aromatic rings. The minimum atomic E-state index is -0.158. The Bertz CT molecular complexity index is 1160. The molecular formula is C24H19BrN2O3S. The molecule has 0 aliphatic carbocycles. The first-order valence-corrected chi connectivity index (χ1v) is 11.1. The van der Waals surface area contributed by atoms with Gasteiger partial charge in [-0.1, -0.05) is 46.3 Å². The summed E-state index contributed by atoms with van der Waals surface area (Å²) in [7, 11) is 1.62. The number of aromatic hydroxyl groups is 1. The van der Waals surface area contributed by atoms with Crippen molar-refractivity contribution in [3.63, 3.8) is 0 Å². The highest BCUT2D eigenvalue weighted by atomic mass is 79.9. The fourth-order valence-corrected chi connectivity index (χ4v) is 4.41. The van der Waals surface area contributed by atoms with Crippen molar-refractivity contribution in [2.24, 2.45) is 4.99 Å². The highest BCUT2D eigenvalue weighted by Gasteiger charge is 2.33. The summed E-state index contributed by atoms with van der Waals surface area (Å²) in [6.07, 6.45) is 1.70. The molecule has 1 saturated heterocycles. The first kappa shape index (κ1) is 21.2. The summed E-state index contributed by atoms with van der Waals surface area (Å²) in [5.41, 5.74) is 2.29. The topological polar surface area (TPSA) is 62.1 Å². The third-order valence-corrected chi connectivity index (χ3v) is 6.14. The van der Waals surface area contributed by atoms with Crippen molar-refractivity contribution in [1.29, 1.82) is 0 Å². The van der Waals surface area contributed by atoms with E-state index in [4.69, 9.17) is 9.73 Å². The van der Waals surface area contributed by atoms with Crippen LogP contribution in [0.5, 0.6) is 11.5 Å². The van der Waals surface area contributed by atoms with Crippen molar-refractivity contribution in [3.05, 3.63) is 93.3 Å². The maximum absolute atomic E-state index is 13.3. The van der Waals surface area contributed by atoms with Crippen molar-refractivity contribution >= 4 is 50.5 Å². The Labute approximate surface area is 193 Å². The molecular weight excluding hydrogens is 476 g/mol. The van der Waals surface area contributed by atoms with Gasteiger partial charge in [0.05, 0.1) is 24.2 Å². The predicted octanol–water partition coefficient (Wildman–Crippen LogP) is 5.97. The van der Waals surface area contributed by atoms with Gasteiger partial charge in [0.15, 0.2) is 5.17 Å². The van der Waals surface area contributed by atoms with Crippen molar-refractivity contribution in [1.82, 2.24) is 4.90 Å². The monoisotopic (exact) mass is 494 g/mol. The maximum Gasteiger partial charge on any atom is 0.267 e. The van der Waals surface area contributed by atoms with Crippen LogP contribution in [0.1, 0.15) is 11.1 Å². The number of amides is 1. The lowest BCUT2D eigenvalue weighted by Gasteiger charge is -2.16. The second kappa shape index (κ2) is 9.41. The summed E-state index contributed by atoms with van der Waals surface area (Å²) in [5, 5.41) is 10.8. The standard InChI is InChI=1S/C24H19BrN2O3S/c1-30-20-10-7-16(8-11-20)15-27-23(29)22(14-17-13-18(25)9-12-21(17)28)31-24(27)26-19-5-3-2-4-6-19/h2-14,28H,15H2,1H3/b22-14-,26-24?. The number of para-hydroxylation sites is 1. The van der Waals surface area contributed by atoms with Crippen LogP contribution in [0.4, 0.5) is 5.69 Å². The number of halogens is 1. The lowest BCUT2D eigenvalue weighted by atomic mass is 10.1. The molecule has 1 N–H and O–H groups in total. The first-order chi connectivity index (χ1) is 15.0. The van der Waals surface area contributed by atoms with Gasteiger partial charge < -0.3 is 9.84 Å². The molecule has 156 valence electrons. The summed E-state index contributed by atoms with van der Waals surface area (Å²) < 4.78 is 6.04. The Hall–Kier alpha value is -3.03. The molecule has 0 bridgehead atoms. The van der Waals surface area contributed by atoms with Gasteiger partial charge in [0.1, 0.15) is 11.5 Å². The van der Waals surface area contributed by atoms with Crippen LogP contribution in [-0.2, 0) is 11.3 Å². The first-order valence-electron chi connectivity index (χ1n) is 9.50. The largest absolute Gasteiger partial charge is 0.507 e. The number of ether oxygens (including phenoxy) is 1. The van der Waals surface area contributed by atoms with E-state index in [1.807, 2.05) is 54.6 Å². The van der Waals surface area contributed by atoms with Gasteiger partial charge in [-0.3, -0.25) is 9.69 Å². The number of rotatable bonds is 5. The number of thioether (sulfide) groups is 1. The van der Waals surface area contributed by atoms with E-state index in [1.165, 1.54) is 11.8 Å². The maximum atomic E-state index is 13.3. The molecule has 31 heavy (non-hydrogen) atoms. The molecule has 5 nitrogen and oxygen atoms in total. The van der Waals surface area contributed by atoms with Crippen LogP contribution < -0.4 is 4.74 Å². The Balaban J connectivity index is 1.70. The number of nitrogens with zero attached hydrogens (tertiary/aromatic N) is 2. The number of amidine groups is 1. The molecule has 3 aromatic carbocycles. The summed E-state index contributed by atoms with van der Waals surface area (Å²) in [6, 6.07) is 22.2. The second-order valence-corrected chi connectivity index (χ2v) is 8.71. The lowest BCUT2D eigenvalue weighted by Crippen LogP contribution is -2.28. The molecule has 1 fully saturated rings. The number of benzene rings is 3. The fraction of sp³-hybridized carbons (Fsp3) is 0.0833. The molecule has 1 aliphatic rings. The minimum Gasteiger partial charge on any atom is -0.507 e. The van der Waals surface area contributed by atoms with Crippen LogP contribution >= 0.6 is 27.7 Å². The van der Waals surface area contributed by atoms with Gasteiger partial charge in [0, 0.05) is 10.0 Å². The van der Waals surface area contributed by atoms with Gasteiger partial charge in [0.25, 0.3) is 5.91 Å². The SMILES string of the molecule is COc1ccc(CN2C(=O)/C(=C/c3cc(Br)ccc3O)SC2=Nc2ccccc2)cc1. The average molecular weight is 495 g/mol. The smallest absolute Gasteiger partial charge is 0.267 e. The van der Waals surface area contributed by atoms with E-state index in [9.17, 15) is 9.90 Å². The van der Waals surface area contributed by atoms with Gasteiger partial charge in [-0.25, -0.2) is 4.99 Å². The van der Waals surface area contributed by atoms with E-state index in [0.717, 1.165) is 21.5 Å². The minimum absolute atomic E-state index is 0.110. The third kappa shape index (κ3) is 5.00. The number of carbonyl (C=O) groups is 1. The zero-order chi connectivity index (χ0) is 21.8. The number of hydrogen-bond donors (Lipinski definition) is 1. The highest BCUT2D eigenvalue weighted by Crippen LogP contribution is 2.37. The number of phenolic OH excluding ortho intramolecular Hbond substituents is 1. The van der Waals surface area contributed by atoms with Gasteiger partial charge >= 0.3 is 0 Å². The summed E-state index contributed by atoms with van der Waals surface area (Å²) in [4.78, 5) is 20.1. The Morgan fingerprint density at radius 3 is 2.55 bits per heavy atom. The summed E-state index contributed by atoms with van der Waals surface area (Å²) >= 11 is 4.70. The second-order valence-electron chi connectivity index (χ2n) is 6.78. The molecule has 0 spiro atoms. The molecule has 1 amide bonds. The van der Waals surface area contributed by atoms with Crippen LogP contribution in [0.3, 0.4) is 0 Å². The number of aliphatic imine (C=N–C) groups is 1. The number of methoxy groups -OCH3 is 1. The van der Waals surface area contributed by atoms with Gasteiger partial charge in [0.2, 0.25) is 0 Å². The summed E-state index contributed by atoms with van der Waals surface area (Å²) in [6.45, 7) is 0.378. The molecule has 0 saturated carbocycles. The third-order valence-electron chi connectivity index (χ3n) is 4.64. The quantitative estimate of drug-likeness (QED) is 0.444. The van der Waals surface area contributed by atoms with Gasteiger partial charge in [-0.15, -0.1) is 0 Å². The number of phenols is 1. The Kier molecular flexibility index (Phi) is 6.44. The van der Waals surface area contributed by atoms with E-state index in [2.05, 4.69) is 15.9 Å². The molecule has 0 aromatic heterocycles. The van der Waals surface area contributed by atoms with E-state index in [0.29, 0.717) is 22.2 Å². The van der Waals surface area contributed by atoms with E-state index < -0.39 is 0 Å². The molecule has 7 heteroatoms. The predicted molar refractivity (Wildman–Crippen MR) is 128 cm³/mol. The number of carbonyl (C=O) groups excluding carboxylic acids is 1.